The molecule has 0 aromatic rings. The van der Waals surface area contributed by atoms with Gasteiger partial charge in [-0.15, -0.1) is 8.42 Å². The van der Waals surface area contributed by atoms with Crippen LogP contribution < -0.4 is 0 Å². The fourth-order valence-electron chi connectivity index (χ4n) is 0.192. The Morgan fingerprint density at radius 1 is 1.67 bits per heavy atom. The Bertz CT molecular complexity index is 193. The summed E-state index contributed by atoms with van der Waals surface area (Å²) in [6.45, 7) is 1.13. The van der Waals surface area contributed by atoms with Gasteiger partial charge >= 0.3 is 10.3 Å². The lowest BCUT2D eigenvalue weighted by atomic mass is 10.9. The Labute approximate surface area is 51.8 Å². The Balaban J connectivity index is 4.23. The van der Waals surface area contributed by atoms with E-state index in [-0.39, 0.29) is 6.61 Å². The number of hydrogen-bond acceptors (Lipinski definition) is 5. The van der Waals surface area contributed by atoms with Gasteiger partial charge in [-0.1, -0.05) is 0 Å². The second kappa shape index (κ2) is 2.74. The van der Waals surface area contributed by atoms with E-state index in [2.05, 4.69) is 4.18 Å². The van der Waals surface area contributed by atoms with E-state index in [9.17, 15) is 18.5 Å². The molecule has 0 amide bonds. The predicted molar refractivity (Wildman–Crippen MR) is 27.5 cm³/mol. The van der Waals surface area contributed by atoms with Crippen LogP contribution in [0.4, 0.5) is 0 Å². The smallest absolute Gasteiger partial charge is 0.245 e. The molecule has 0 bridgehead atoms. The van der Waals surface area contributed by atoms with Crippen LogP contribution in [0.25, 0.3) is 0 Å². The van der Waals surface area contributed by atoms with Gasteiger partial charge in [-0.3, -0.25) is 0 Å². The molecule has 6 nitrogen and oxygen atoms in total. The Kier molecular flexibility index (Phi) is 2.53. The average molecular weight is 155 g/mol. The van der Waals surface area contributed by atoms with E-state index >= 15 is 0 Å². The third-order valence-corrected chi connectivity index (χ3v) is 1.35. The molecule has 9 heavy (non-hydrogen) atoms. The average Bonchev–Trinajstić information content (AvgIpc) is 1.65. The first-order chi connectivity index (χ1) is 4.00. The van der Waals surface area contributed by atoms with Crippen LogP contribution in [0, 0.1) is 10.1 Å². The van der Waals surface area contributed by atoms with Gasteiger partial charge in [-0.05, 0) is 6.92 Å². The maximum Gasteiger partial charge on any atom is 0.566 e. The first-order valence-electron chi connectivity index (χ1n) is 2.04. The first-order valence-corrected chi connectivity index (χ1v) is 3.41. The van der Waals surface area contributed by atoms with E-state index in [1.807, 2.05) is 0 Å². The van der Waals surface area contributed by atoms with Crippen LogP contribution in [0.1, 0.15) is 6.92 Å². The van der Waals surface area contributed by atoms with Crippen LogP contribution in [0.2, 0.25) is 0 Å². The topological polar surface area (TPSA) is 86.5 Å². The zero-order valence-electron chi connectivity index (χ0n) is 4.60. The summed E-state index contributed by atoms with van der Waals surface area (Å²) in [6, 6.07) is 0. The maximum absolute atomic E-state index is 10.0. The summed E-state index contributed by atoms with van der Waals surface area (Å²) in [6.07, 6.45) is 0. The number of rotatable bonds is 3. The molecule has 0 aliphatic heterocycles. The van der Waals surface area contributed by atoms with E-state index in [0.717, 1.165) is 0 Å². The van der Waals surface area contributed by atoms with Crippen molar-refractivity contribution in [1.29, 1.82) is 0 Å². The zero-order valence-corrected chi connectivity index (χ0v) is 5.42. The van der Waals surface area contributed by atoms with Crippen molar-refractivity contribution < 1.29 is 16.9 Å². The fraction of sp³-hybridized carbons (Fsp3) is 1.00. The minimum absolute atomic E-state index is 0.219. The van der Waals surface area contributed by atoms with Crippen molar-refractivity contribution in [2.24, 2.45) is 0 Å². The summed E-state index contributed by atoms with van der Waals surface area (Å²) in [7, 11) is -4.53. The monoisotopic (exact) mass is 155 g/mol. The van der Waals surface area contributed by atoms with Gasteiger partial charge in [0, 0.05) is 0 Å². The molecular weight excluding hydrogens is 150 g/mol. The lowest BCUT2D eigenvalue weighted by Crippen LogP contribution is -2.15. The molecule has 0 spiro atoms. The van der Waals surface area contributed by atoms with Crippen molar-refractivity contribution in [3.8, 4) is 0 Å². The van der Waals surface area contributed by atoms with Gasteiger partial charge in [0.2, 0.25) is 0 Å². The largest absolute Gasteiger partial charge is 0.566 e. The summed E-state index contributed by atoms with van der Waals surface area (Å²) in [4.78, 5) is 9.50. The Hall–Kier alpha value is -0.690. The van der Waals surface area contributed by atoms with Gasteiger partial charge in [0.15, 0.2) is 4.33 Å². The van der Waals surface area contributed by atoms with Gasteiger partial charge in [-0.2, -0.15) is 0 Å². The molecular formula is C2H5NO5S. The minimum Gasteiger partial charge on any atom is -0.245 e. The highest BCUT2D eigenvalue weighted by Gasteiger charge is 2.23. The van der Waals surface area contributed by atoms with Gasteiger partial charge in [0.25, 0.3) is 0 Å². The quantitative estimate of drug-likeness (QED) is 0.406. The Morgan fingerprint density at radius 2 is 2.11 bits per heavy atom. The number of nitrogens with zero attached hydrogens (tertiary/aromatic N) is 1. The summed E-state index contributed by atoms with van der Waals surface area (Å²) in [5.74, 6) is 0. The molecule has 0 aromatic carbocycles. The molecule has 0 saturated heterocycles. The van der Waals surface area contributed by atoms with Crippen LogP contribution in [0.3, 0.4) is 0 Å². The lowest BCUT2D eigenvalue weighted by Gasteiger charge is -1.89. The normalized spacial score (nSPS) is 11.2. The third-order valence-electron chi connectivity index (χ3n) is 0.449. The standard InChI is InChI=1S/C2H5NO5S/c1-2-8-9(6,7)3(4)5/h2H2,1H3. The molecule has 0 heterocycles. The zero-order chi connectivity index (χ0) is 7.49. The van der Waals surface area contributed by atoms with E-state index in [0.29, 0.717) is 0 Å². The molecule has 0 fully saturated rings. The van der Waals surface area contributed by atoms with E-state index in [1.165, 1.54) is 6.92 Å². The minimum atomic E-state index is -4.53. The number of nitro groups is 1. The van der Waals surface area contributed by atoms with Gasteiger partial charge < -0.3 is 0 Å². The highest BCUT2D eigenvalue weighted by atomic mass is 32.2. The summed E-state index contributed by atoms with van der Waals surface area (Å²) in [5.41, 5.74) is 0. The molecule has 0 saturated carbocycles. The predicted octanol–water partition coefficient (Wildman–Crippen LogP) is -0.456. The van der Waals surface area contributed by atoms with Crippen molar-refractivity contribution in [2.75, 3.05) is 6.61 Å². The van der Waals surface area contributed by atoms with Gasteiger partial charge in [0.05, 0.1) is 6.61 Å². The molecule has 0 atom stereocenters. The first kappa shape index (κ1) is 8.31. The summed E-state index contributed by atoms with van der Waals surface area (Å²) in [5, 5.41) is 9.50. The van der Waals surface area contributed by atoms with Crippen molar-refractivity contribution >= 4 is 10.3 Å². The number of hydrogen-bond donors (Lipinski definition) is 0. The van der Waals surface area contributed by atoms with Crippen molar-refractivity contribution in [1.82, 2.24) is 0 Å². The van der Waals surface area contributed by atoms with Crippen LogP contribution in [0.15, 0.2) is 0 Å². The van der Waals surface area contributed by atoms with Gasteiger partial charge in [0.1, 0.15) is 0 Å². The third kappa shape index (κ3) is 2.38. The maximum atomic E-state index is 10.0. The molecule has 0 aromatic heterocycles. The summed E-state index contributed by atoms with van der Waals surface area (Å²) < 4.78 is 22.3. The van der Waals surface area contributed by atoms with Crippen LogP contribution in [-0.2, 0) is 14.5 Å². The van der Waals surface area contributed by atoms with E-state index < -0.39 is 14.6 Å². The Morgan fingerprint density at radius 3 is 2.22 bits per heavy atom. The van der Waals surface area contributed by atoms with Crippen molar-refractivity contribution in [2.45, 2.75) is 6.92 Å². The molecule has 0 unspecified atom stereocenters. The SMILES string of the molecule is CCOS(=O)(=O)[N+](=O)[O-]. The van der Waals surface area contributed by atoms with Gasteiger partial charge in [-0.25, -0.2) is 14.3 Å². The van der Waals surface area contributed by atoms with E-state index in [4.69, 9.17) is 0 Å². The molecule has 0 radical (unpaired) electrons. The van der Waals surface area contributed by atoms with Crippen molar-refractivity contribution in [3.63, 3.8) is 0 Å². The highest BCUT2D eigenvalue weighted by Crippen LogP contribution is 1.90. The molecule has 0 aliphatic carbocycles. The molecule has 0 rings (SSSR count). The lowest BCUT2D eigenvalue weighted by molar-refractivity contribution is -0.318. The van der Waals surface area contributed by atoms with Crippen LogP contribution in [0.5, 0.6) is 0 Å². The fourth-order valence-corrected chi connectivity index (χ4v) is 0.576. The molecule has 0 aliphatic rings. The highest BCUT2D eigenvalue weighted by molar-refractivity contribution is 7.80. The van der Waals surface area contributed by atoms with Crippen molar-refractivity contribution in [3.05, 3.63) is 10.1 Å². The second-order valence-electron chi connectivity index (χ2n) is 1.06. The molecule has 0 N–H and O–H groups in total. The van der Waals surface area contributed by atoms with Crippen LogP contribution >= 0.6 is 0 Å². The van der Waals surface area contributed by atoms with E-state index in [1.54, 1.807) is 0 Å². The summed E-state index contributed by atoms with van der Waals surface area (Å²) >= 11 is 0. The van der Waals surface area contributed by atoms with Crippen LogP contribution in [-0.4, -0.2) is 19.4 Å². The molecule has 7 heteroatoms. The second-order valence-corrected chi connectivity index (χ2v) is 2.45. The molecule has 54 valence electrons.